The second kappa shape index (κ2) is 7.07. The van der Waals surface area contributed by atoms with Crippen molar-refractivity contribution in [2.24, 2.45) is 0 Å². The Bertz CT molecular complexity index is 693. The molecule has 1 heterocycles. The van der Waals surface area contributed by atoms with Crippen LogP contribution in [-0.2, 0) is 9.59 Å². The first kappa shape index (κ1) is 16.6. The van der Waals surface area contributed by atoms with Crippen LogP contribution in [0.1, 0.15) is 50.5 Å². The fourth-order valence-corrected chi connectivity index (χ4v) is 3.42. The molecule has 2 aliphatic rings. The van der Waals surface area contributed by atoms with Crippen molar-refractivity contribution in [1.82, 2.24) is 5.32 Å². The first-order chi connectivity index (χ1) is 11.6. The molecule has 1 unspecified atom stereocenters. The van der Waals surface area contributed by atoms with Crippen LogP contribution in [0.5, 0.6) is 11.5 Å². The van der Waals surface area contributed by atoms with E-state index in [4.69, 9.17) is 9.47 Å². The first-order valence-electron chi connectivity index (χ1n) is 8.50. The van der Waals surface area contributed by atoms with E-state index < -0.39 is 0 Å². The molecule has 1 aliphatic heterocycles. The molecule has 0 fully saturated rings. The smallest absolute Gasteiger partial charge is 0.225 e. The second-order valence-electron chi connectivity index (χ2n) is 6.23. The summed E-state index contributed by atoms with van der Waals surface area (Å²) in [5.74, 6) is 1.24. The van der Waals surface area contributed by atoms with Crippen LogP contribution < -0.4 is 14.8 Å². The van der Waals surface area contributed by atoms with E-state index >= 15 is 0 Å². The molecule has 0 radical (unpaired) electrons. The summed E-state index contributed by atoms with van der Waals surface area (Å²) < 4.78 is 11.1. The molecule has 0 spiro atoms. The maximum Gasteiger partial charge on any atom is 0.225 e. The lowest BCUT2D eigenvalue weighted by atomic mass is 9.78. The number of Topliss-reactive ketones (excluding diaryl/α,β-unsaturated/α-hetero) is 1. The fraction of sp³-hybridized carbons (Fsp3) is 0.474. The van der Waals surface area contributed by atoms with Crippen LogP contribution in [-0.4, -0.2) is 25.4 Å². The number of methoxy groups -OCH3 is 1. The third kappa shape index (κ3) is 3.16. The van der Waals surface area contributed by atoms with Crippen molar-refractivity contribution >= 4 is 11.7 Å². The third-order valence-electron chi connectivity index (χ3n) is 4.54. The van der Waals surface area contributed by atoms with Gasteiger partial charge in [-0.05, 0) is 37.0 Å². The maximum absolute atomic E-state index is 12.4. The van der Waals surface area contributed by atoms with E-state index in [1.807, 2.05) is 25.1 Å². The van der Waals surface area contributed by atoms with Crippen molar-refractivity contribution in [3.05, 3.63) is 35.0 Å². The molecular formula is C19H23NO4. The highest BCUT2D eigenvalue weighted by molar-refractivity contribution is 6.01. The zero-order valence-corrected chi connectivity index (χ0v) is 14.2. The largest absolute Gasteiger partial charge is 0.493 e. The molecule has 1 atom stereocenters. The van der Waals surface area contributed by atoms with E-state index in [0.717, 1.165) is 36.1 Å². The van der Waals surface area contributed by atoms with Crippen molar-refractivity contribution in [2.75, 3.05) is 13.7 Å². The number of amides is 1. The summed E-state index contributed by atoms with van der Waals surface area (Å²) >= 11 is 0. The predicted molar refractivity (Wildman–Crippen MR) is 90.2 cm³/mol. The Balaban J connectivity index is 1.97. The molecule has 24 heavy (non-hydrogen) atoms. The highest BCUT2D eigenvalue weighted by Crippen LogP contribution is 2.40. The lowest BCUT2D eigenvalue weighted by molar-refractivity contribution is -0.122. The van der Waals surface area contributed by atoms with Crippen LogP contribution in [0.4, 0.5) is 0 Å². The van der Waals surface area contributed by atoms with Crippen LogP contribution in [0.15, 0.2) is 29.5 Å². The quantitative estimate of drug-likeness (QED) is 0.901. The Labute approximate surface area is 142 Å². The van der Waals surface area contributed by atoms with Gasteiger partial charge in [0.05, 0.1) is 13.7 Å². The minimum Gasteiger partial charge on any atom is -0.493 e. The maximum atomic E-state index is 12.4. The number of ketones is 1. The molecule has 1 aromatic rings. The van der Waals surface area contributed by atoms with Crippen molar-refractivity contribution in [1.29, 1.82) is 0 Å². The monoisotopic (exact) mass is 329 g/mol. The van der Waals surface area contributed by atoms with E-state index in [0.29, 0.717) is 30.9 Å². The number of benzene rings is 1. The summed E-state index contributed by atoms with van der Waals surface area (Å²) in [7, 11) is 1.60. The molecule has 0 saturated carbocycles. The van der Waals surface area contributed by atoms with Crippen LogP contribution in [0.2, 0.25) is 0 Å². The lowest BCUT2D eigenvalue weighted by Crippen LogP contribution is -2.36. The molecule has 3 rings (SSSR count). The van der Waals surface area contributed by atoms with Gasteiger partial charge in [-0.1, -0.05) is 13.0 Å². The SMILES string of the molecule is CCCOc1ccc(C2CC(=O)NC3=C2C(=O)CCC3)cc1OC. The van der Waals surface area contributed by atoms with Gasteiger partial charge in [0.15, 0.2) is 17.3 Å². The van der Waals surface area contributed by atoms with Gasteiger partial charge in [-0.25, -0.2) is 0 Å². The Morgan fingerprint density at radius 1 is 1.21 bits per heavy atom. The van der Waals surface area contributed by atoms with E-state index in [-0.39, 0.29) is 17.6 Å². The van der Waals surface area contributed by atoms with E-state index in [1.54, 1.807) is 7.11 Å². The average Bonchev–Trinajstić information content (AvgIpc) is 2.59. The topological polar surface area (TPSA) is 64.6 Å². The van der Waals surface area contributed by atoms with Gasteiger partial charge < -0.3 is 14.8 Å². The Morgan fingerprint density at radius 2 is 2.04 bits per heavy atom. The van der Waals surface area contributed by atoms with Gasteiger partial charge in [-0.3, -0.25) is 9.59 Å². The molecular weight excluding hydrogens is 306 g/mol. The number of allylic oxidation sites excluding steroid dienone is 2. The van der Waals surface area contributed by atoms with Crippen molar-refractivity contribution in [2.45, 2.75) is 44.9 Å². The summed E-state index contributed by atoms with van der Waals surface area (Å²) in [6.07, 6.45) is 3.33. The Morgan fingerprint density at radius 3 is 2.79 bits per heavy atom. The number of rotatable bonds is 5. The van der Waals surface area contributed by atoms with E-state index in [2.05, 4.69) is 5.32 Å². The molecule has 0 bridgehead atoms. The molecule has 0 saturated heterocycles. The first-order valence-corrected chi connectivity index (χ1v) is 8.50. The molecule has 0 aromatic heterocycles. The third-order valence-corrected chi connectivity index (χ3v) is 4.54. The van der Waals surface area contributed by atoms with Gasteiger partial charge in [-0.2, -0.15) is 0 Å². The highest BCUT2D eigenvalue weighted by atomic mass is 16.5. The molecule has 1 amide bonds. The fourth-order valence-electron chi connectivity index (χ4n) is 3.42. The predicted octanol–water partition coefficient (Wildman–Crippen LogP) is 3.09. The van der Waals surface area contributed by atoms with Gasteiger partial charge in [-0.15, -0.1) is 0 Å². The van der Waals surface area contributed by atoms with Crippen LogP contribution in [0.25, 0.3) is 0 Å². The molecule has 1 N–H and O–H groups in total. The van der Waals surface area contributed by atoms with Crippen molar-refractivity contribution in [3.63, 3.8) is 0 Å². The number of carbonyl (C=O) groups excluding carboxylic acids is 2. The van der Waals surface area contributed by atoms with E-state index in [9.17, 15) is 9.59 Å². The van der Waals surface area contributed by atoms with Crippen LogP contribution in [0.3, 0.4) is 0 Å². The van der Waals surface area contributed by atoms with Gasteiger partial charge in [0.2, 0.25) is 5.91 Å². The Hall–Kier alpha value is -2.30. The summed E-state index contributed by atoms with van der Waals surface area (Å²) in [6.45, 7) is 2.67. The van der Waals surface area contributed by atoms with Gasteiger partial charge in [0.25, 0.3) is 0 Å². The van der Waals surface area contributed by atoms with Crippen molar-refractivity contribution < 1.29 is 19.1 Å². The number of carbonyl (C=O) groups is 2. The lowest BCUT2D eigenvalue weighted by Gasteiger charge is -2.31. The molecule has 1 aromatic carbocycles. The minimum atomic E-state index is -0.198. The molecule has 1 aliphatic carbocycles. The Kier molecular flexibility index (Phi) is 4.88. The van der Waals surface area contributed by atoms with Crippen LogP contribution >= 0.6 is 0 Å². The minimum absolute atomic E-state index is 0.0290. The average molecular weight is 329 g/mol. The summed E-state index contributed by atoms with van der Waals surface area (Å²) in [5.41, 5.74) is 2.50. The number of hydrogen-bond acceptors (Lipinski definition) is 4. The number of nitrogens with one attached hydrogen (secondary N) is 1. The van der Waals surface area contributed by atoms with Gasteiger partial charge in [0.1, 0.15) is 0 Å². The summed E-state index contributed by atoms with van der Waals surface area (Å²) in [5, 5.41) is 2.88. The van der Waals surface area contributed by atoms with Crippen molar-refractivity contribution in [3.8, 4) is 11.5 Å². The van der Waals surface area contributed by atoms with Gasteiger partial charge in [0, 0.05) is 30.0 Å². The standard InChI is InChI=1S/C19H23NO4/c1-3-9-24-16-8-7-12(10-17(16)23-2)13-11-18(22)20-14-5-4-6-15(21)19(13)14/h7-8,10,13H,3-6,9,11H2,1-2H3,(H,20,22). The second-order valence-corrected chi connectivity index (χ2v) is 6.23. The summed E-state index contributed by atoms with van der Waals surface area (Å²) in [4.78, 5) is 24.5. The van der Waals surface area contributed by atoms with Gasteiger partial charge >= 0.3 is 0 Å². The molecule has 128 valence electrons. The van der Waals surface area contributed by atoms with Crippen LogP contribution in [0, 0.1) is 0 Å². The van der Waals surface area contributed by atoms with E-state index in [1.165, 1.54) is 0 Å². The zero-order chi connectivity index (χ0) is 17.1. The zero-order valence-electron chi connectivity index (χ0n) is 14.2. The highest BCUT2D eigenvalue weighted by Gasteiger charge is 2.35. The number of hydrogen-bond donors (Lipinski definition) is 1. The normalized spacial score (nSPS) is 20.5. The molecule has 5 heteroatoms. The number of ether oxygens (including phenoxy) is 2. The summed E-state index contributed by atoms with van der Waals surface area (Å²) in [6, 6.07) is 5.69. The molecule has 5 nitrogen and oxygen atoms in total.